The van der Waals surface area contributed by atoms with Crippen molar-refractivity contribution >= 4 is 5.91 Å². The minimum absolute atomic E-state index is 0.0107. The number of amides is 1. The first kappa shape index (κ1) is 12.9. The van der Waals surface area contributed by atoms with Crippen molar-refractivity contribution in [1.82, 2.24) is 4.90 Å². The molecule has 0 aliphatic carbocycles. The highest BCUT2D eigenvalue weighted by Gasteiger charge is 2.27. The zero-order valence-electron chi connectivity index (χ0n) is 11.1. The topological polar surface area (TPSA) is 20.3 Å². The zero-order chi connectivity index (χ0) is 13.9. The third-order valence-corrected chi connectivity index (χ3v) is 3.84. The van der Waals surface area contributed by atoms with Crippen molar-refractivity contribution < 1.29 is 9.18 Å². The molecular weight excluding hydrogens is 253 g/mol. The first-order valence-corrected chi connectivity index (χ1v) is 6.84. The molecule has 1 aliphatic heterocycles. The van der Waals surface area contributed by atoms with Gasteiger partial charge in [0.05, 0.1) is 0 Å². The van der Waals surface area contributed by atoms with Crippen LogP contribution in [0.1, 0.15) is 28.3 Å². The summed E-state index contributed by atoms with van der Waals surface area (Å²) >= 11 is 0. The summed E-state index contributed by atoms with van der Waals surface area (Å²) < 4.78 is 12.9. The summed E-state index contributed by atoms with van der Waals surface area (Å²) in [6.45, 7) is 1.50. The highest BCUT2D eigenvalue weighted by Crippen LogP contribution is 2.27. The second-order valence-electron chi connectivity index (χ2n) is 5.15. The molecule has 0 saturated carbocycles. The smallest absolute Gasteiger partial charge is 0.253 e. The van der Waals surface area contributed by atoms with E-state index in [-0.39, 0.29) is 11.7 Å². The minimum atomic E-state index is -0.315. The molecule has 0 bridgehead atoms. The summed E-state index contributed by atoms with van der Waals surface area (Å²) in [4.78, 5) is 14.2. The van der Waals surface area contributed by atoms with Crippen molar-refractivity contribution in [2.45, 2.75) is 12.3 Å². The van der Waals surface area contributed by atoms with Gasteiger partial charge in [-0.15, -0.1) is 0 Å². The SMILES string of the molecule is O=C(c1ccc(F)cc1)N1CC[C@H](c2ccccc2)C1. The molecule has 0 N–H and O–H groups in total. The van der Waals surface area contributed by atoms with E-state index in [0.717, 1.165) is 19.5 Å². The van der Waals surface area contributed by atoms with Crippen LogP contribution in [0, 0.1) is 5.82 Å². The Morgan fingerprint density at radius 1 is 1.05 bits per heavy atom. The van der Waals surface area contributed by atoms with Crippen molar-refractivity contribution in [3.05, 3.63) is 71.5 Å². The van der Waals surface area contributed by atoms with E-state index in [1.165, 1.54) is 17.7 Å². The van der Waals surface area contributed by atoms with Gasteiger partial charge in [-0.2, -0.15) is 0 Å². The van der Waals surface area contributed by atoms with Gasteiger partial charge < -0.3 is 4.90 Å². The predicted molar refractivity (Wildman–Crippen MR) is 76.1 cm³/mol. The van der Waals surface area contributed by atoms with Gasteiger partial charge in [-0.3, -0.25) is 4.79 Å². The summed E-state index contributed by atoms with van der Waals surface area (Å²) in [7, 11) is 0. The average Bonchev–Trinajstić information content (AvgIpc) is 2.98. The molecule has 2 aromatic rings. The summed E-state index contributed by atoms with van der Waals surface area (Å²) in [6.07, 6.45) is 0.983. The van der Waals surface area contributed by atoms with Crippen molar-refractivity contribution in [1.29, 1.82) is 0 Å². The first-order valence-electron chi connectivity index (χ1n) is 6.84. The third-order valence-electron chi connectivity index (χ3n) is 3.84. The van der Waals surface area contributed by atoms with Gasteiger partial charge in [0.25, 0.3) is 5.91 Å². The highest BCUT2D eigenvalue weighted by molar-refractivity contribution is 5.94. The molecule has 1 heterocycles. The van der Waals surface area contributed by atoms with Crippen LogP contribution in [0.3, 0.4) is 0 Å². The van der Waals surface area contributed by atoms with Gasteiger partial charge in [-0.1, -0.05) is 30.3 Å². The molecule has 102 valence electrons. The predicted octanol–water partition coefficient (Wildman–Crippen LogP) is 3.46. The van der Waals surface area contributed by atoms with E-state index < -0.39 is 0 Å². The fourth-order valence-corrected chi connectivity index (χ4v) is 2.72. The normalized spacial score (nSPS) is 18.2. The summed E-state index contributed by atoms with van der Waals surface area (Å²) in [5.41, 5.74) is 1.84. The van der Waals surface area contributed by atoms with Crippen LogP contribution in [0.5, 0.6) is 0 Å². The van der Waals surface area contributed by atoms with Crippen molar-refractivity contribution in [2.24, 2.45) is 0 Å². The van der Waals surface area contributed by atoms with E-state index in [1.807, 2.05) is 23.1 Å². The van der Waals surface area contributed by atoms with Crippen LogP contribution in [-0.2, 0) is 0 Å². The maximum atomic E-state index is 12.9. The molecular formula is C17H16FNO. The maximum absolute atomic E-state index is 12.9. The largest absolute Gasteiger partial charge is 0.338 e. The van der Waals surface area contributed by atoms with Crippen LogP contribution in [0.4, 0.5) is 4.39 Å². The lowest BCUT2D eigenvalue weighted by Gasteiger charge is -2.16. The van der Waals surface area contributed by atoms with Crippen LogP contribution in [-0.4, -0.2) is 23.9 Å². The number of halogens is 1. The monoisotopic (exact) mass is 269 g/mol. The fraction of sp³-hybridized carbons (Fsp3) is 0.235. The van der Waals surface area contributed by atoms with Crippen molar-refractivity contribution in [3.8, 4) is 0 Å². The van der Waals surface area contributed by atoms with Crippen molar-refractivity contribution in [2.75, 3.05) is 13.1 Å². The number of benzene rings is 2. The third kappa shape index (κ3) is 2.57. The van der Waals surface area contributed by atoms with E-state index in [4.69, 9.17) is 0 Å². The summed E-state index contributed by atoms with van der Waals surface area (Å²) in [5.74, 6) is 0.0779. The molecule has 1 fully saturated rings. The minimum Gasteiger partial charge on any atom is -0.338 e. The number of likely N-dealkylation sites (tertiary alicyclic amines) is 1. The molecule has 3 rings (SSSR count). The van der Waals surface area contributed by atoms with E-state index in [0.29, 0.717) is 11.5 Å². The van der Waals surface area contributed by atoms with Crippen molar-refractivity contribution in [3.63, 3.8) is 0 Å². The number of carbonyl (C=O) groups excluding carboxylic acids is 1. The number of carbonyl (C=O) groups is 1. The van der Waals surface area contributed by atoms with Gasteiger partial charge in [0, 0.05) is 24.6 Å². The Morgan fingerprint density at radius 3 is 2.45 bits per heavy atom. The van der Waals surface area contributed by atoms with Gasteiger partial charge in [0.1, 0.15) is 5.82 Å². The lowest BCUT2D eigenvalue weighted by atomic mass is 9.99. The van der Waals surface area contributed by atoms with Crippen LogP contribution in [0.2, 0.25) is 0 Å². The fourth-order valence-electron chi connectivity index (χ4n) is 2.72. The number of nitrogens with zero attached hydrogens (tertiary/aromatic N) is 1. The second kappa shape index (κ2) is 5.45. The molecule has 0 unspecified atom stereocenters. The Hall–Kier alpha value is -2.16. The van der Waals surface area contributed by atoms with Gasteiger partial charge in [-0.25, -0.2) is 4.39 Å². The van der Waals surface area contributed by atoms with E-state index in [2.05, 4.69) is 12.1 Å². The summed E-state index contributed by atoms with van der Waals surface area (Å²) in [6, 6.07) is 16.0. The van der Waals surface area contributed by atoms with Crippen LogP contribution >= 0.6 is 0 Å². The second-order valence-corrected chi connectivity index (χ2v) is 5.15. The van der Waals surface area contributed by atoms with E-state index >= 15 is 0 Å². The van der Waals surface area contributed by atoms with Gasteiger partial charge in [0.2, 0.25) is 0 Å². The Bertz CT molecular complexity index is 594. The van der Waals surface area contributed by atoms with Crippen LogP contribution < -0.4 is 0 Å². The molecule has 0 aromatic heterocycles. The number of rotatable bonds is 2. The molecule has 20 heavy (non-hydrogen) atoms. The molecule has 1 amide bonds. The van der Waals surface area contributed by atoms with Gasteiger partial charge in [0.15, 0.2) is 0 Å². The Balaban J connectivity index is 1.71. The Labute approximate surface area is 117 Å². The maximum Gasteiger partial charge on any atom is 0.253 e. The summed E-state index contributed by atoms with van der Waals surface area (Å²) in [5, 5.41) is 0. The number of hydrogen-bond acceptors (Lipinski definition) is 1. The molecule has 1 aliphatic rings. The molecule has 3 heteroatoms. The van der Waals surface area contributed by atoms with Crippen LogP contribution in [0.25, 0.3) is 0 Å². The first-order chi connectivity index (χ1) is 9.74. The van der Waals surface area contributed by atoms with Gasteiger partial charge >= 0.3 is 0 Å². The quantitative estimate of drug-likeness (QED) is 0.817. The van der Waals surface area contributed by atoms with Gasteiger partial charge in [-0.05, 0) is 36.2 Å². The number of hydrogen-bond donors (Lipinski definition) is 0. The molecule has 1 atom stereocenters. The standard InChI is InChI=1S/C17H16FNO/c18-16-8-6-14(7-9-16)17(20)19-11-10-15(12-19)13-4-2-1-3-5-13/h1-9,15H,10-12H2/t15-/m0/s1. The highest BCUT2D eigenvalue weighted by atomic mass is 19.1. The average molecular weight is 269 g/mol. The van der Waals surface area contributed by atoms with E-state index in [9.17, 15) is 9.18 Å². The molecule has 2 nitrogen and oxygen atoms in total. The Kier molecular flexibility index (Phi) is 3.50. The van der Waals surface area contributed by atoms with E-state index in [1.54, 1.807) is 12.1 Å². The molecule has 1 saturated heterocycles. The zero-order valence-corrected chi connectivity index (χ0v) is 11.1. The molecule has 2 aromatic carbocycles. The lowest BCUT2D eigenvalue weighted by molar-refractivity contribution is 0.0790. The lowest BCUT2D eigenvalue weighted by Crippen LogP contribution is -2.28. The Morgan fingerprint density at radius 2 is 1.75 bits per heavy atom. The molecule has 0 spiro atoms. The van der Waals surface area contributed by atoms with Crippen LogP contribution in [0.15, 0.2) is 54.6 Å². The molecule has 0 radical (unpaired) electrons.